The molecule has 0 aromatic carbocycles. The van der Waals surface area contributed by atoms with Crippen molar-refractivity contribution in [2.45, 2.75) is 18.9 Å². The van der Waals surface area contributed by atoms with E-state index < -0.39 is 0 Å². The summed E-state index contributed by atoms with van der Waals surface area (Å²) in [5.41, 5.74) is 1.35. The molecule has 8 nitrogen and oxygen atoms in total. The number of amides is 1. The molecule has 28 heavy (non-hydrogen) atoms. The fourth-order valence-electron chi connectivity index (χ4n) is 3.04. The second-order valence-electron chi connectivity index (χ2n) is 6.80. The standard InChI is InChI=1S/C20H23N7O/c1-26(2)20-23-13-15(14-24-20)5-6-18(28)25-17-7-10-27(11-8-17)19-16(12-21)4-3-9-22-19/h3-6,9,13-14,17H,7-8,10-11H2,1-2H3,(H,25,28). The molecule has 1 aliphatic rings. The molecule has 144 valence electrons. The van der Waals surface area contributed by atoms with Gasteiger partial charge in [0.25, 0.3) is 0 Å². The van der Waals surface area contributed by atoms with Gasteiger partial charge in [0.15, 0.2) is 0 Å². The van der Waals surface area contributed by atoms with Gasteiger partial charge in [0.2, 0.25) is 11.9 Å². The highest BCUT2D eigenvalue weighted by molar-refractivity contribution is 5.91. The van der Waals surface area contributed by atoms with Crippen LogP contribution in [-0.4, -0.2) is 54.1 Å². The van der Waals surface area contributed by atoms with Crippen LogP contribution in [0.4, 0.5) is 11.8 Å². The van der Waals surface area contributed by atoms with Crippen LogP contribution in [0.3, 0.4) is 0 Å². The number of anilines is 2. The Labute approximate surface area is 164 Å². The summed E-state index contributed by atoms with van der Waals surface area (Å²) in [6, 6.07) is 5.83. The number of rotatable bonds is 5. The molecule has 1 N–H and O–H groups in total. The summed E-state index contributed by atoms with van der Waals surface area (Å²) in [7, 11) is 3.75. The zero-order valence-corrected chi connectivity index (χ0v) is 16.0. The van der Waals surface area contributed by atoms with Crippen LogP contribution in [0.1, 0.15) is 24.0 Å². The van der Waals surface area contributed by atoms with Crippen LogP contribution < -0.4 is 15.1 Å². The summed E-state index contributed by atoms with van der Waals surface area (Å²) in [6.45, 7) is 1.50. The van der Waals surface area contributed by atoms with Crippen LogP contribution in [0.5, 0.6) is 0 Å². The predicted molar refractivity (Wildman–Crippen MR) is 108 cm³/mol. The van der Waals surface area contributed by atoms with Gasteiger partial charge in [-0.1, -0.05) is 0 Å². The van der Waals surface area contributed by atoms with Crippen LogP contribution in [0, 0.1) is 11.3 Å². The SMILES string of the molecule is CN(C)c1ncc(C=CC(=O)NC2CCN(c3ncccc3C#N)CC2)cn1. The maximum Gasteiger partial charge on any atom is 0.244 e. The maximum absolute atomic E-state index is 12.2. The van der Waals surface area contributed by atoms with E-state index in [9.17, 15) is 10.1 Å². The second kappa shape index (κ2) is 8.95. The third-order valence-electron chi connectivity index (χ3n) is 4.53. The molecule has 0 saturated carbocycles. The quantitative estimate of drug-likeness (QED) is 0.791. The van der Waals surface area contributed by atoms with E-state index in [4.69, 9.17) is 0 Å². The smallest absolute Gasteiger partial charge is 0.244 e. The first-order chi connectivity index (χ1) is 13.6. The Balaban J connectivity index is 1.50. The number of carbonyl (C=O) groups excluding carboxylic acids is 1. The number of nitrogens with one attached hydrogen (secondary N) is 1. The number of hydrogen-bond donors (Lipinski definition) is 1. The molecule has 0 aliphatic carbocycles. The number of nitriles is 1. The van der Waals surface area contributed by atoms with E-state index in [1.807, 2.05) is 19.0 Å². The first-order valence-electron chi connectivity index (χ1n) is 9.15. The van der Waals surface area contributed by atoms with E-state index in [2.05, 4.69) is 31.2 Å². The predicted octanol–water partition coefficient (Wildman–Crippen LogP) is 1.61. The van der Waals surface area contributed by atoms with Crippen molar-refractivity contribution in [3.63, 3.8) is 0 Å². The Kier molecular flexibility index (Phi) is 6.17. The van der Waals surface area contributed by atoms with Crippen molar-refractivity contribution in [2.24, 2.45) is 0 Å². The van der Waals surface area contributed by atoms with E-state index in [-0.39, 0.29) is 11.9 Å². The van der Waals surface area contributed by atoms with Gasteiger partial charge in [-0.15, -0.1) is 0 Å². The van der Waals surface area contributed by atoms with Crippen molar-refractivity contribution >= 4 is 23.7 Å². The topological polar surface area (TPSA) is 98.0 Å². The van der Waals surface area contributed by atoms with Crippen LogP contribution in [-0.2, 0) is 4.79 Å². The van der Waals surface area contributed by atoms with Crippen molar-refractivity contribution in [2.75, 3.05) is 37.0 Å². The molecule has 1 amide bonds. The molecule has 2 aromatic heterocycles. The van der Waals surface area contributed by atoms with Gasteiger partial charge in [0, 0.05) is 63.5 Å². The summed E-state index contributed by atoms with van der Waals surface area (Å²) in [5, 5.41) is 12.3. The summed E-state index contributed by atoms with van der Waals surface area (Å²) in [6.07, 6.45) is 9.89. The van der Waals surface area contributed by atoms with Gasteiger partial charge < -0.3 is 15.1 Å². The number of piperidine rings is 1. The molecule has 3 rings (SSSR count). The average Bonchev–Trinajstić information content (AvgIpc) is 2.73. The zero-order chi connectivity index (χ0) is 19.9. The van der Waals surface area contributed by atoms with Gasteiger partial charge in [0.05, 0.1) is 5.56 Å². The van der Waals surface area contributed by atoms with Crippen LogP contribution in [0.2, 0.25) is 0 Å². The first-order valence-corrected chi connectivity index (χ1v) is 9.15. The molecule has 1 fully saturated rings. The summed E-state index contributed by atoms with van der Waals surface area (Å²) in [5.74, 6) is 1.21. The zero-order valence-electron chi connectivity index (χ0n) is 16.0. The van der Waals surface area contributed by atoms with Gasteiger partial charge in [-0.3, -0.25) is 4.79 Å². The number of pyridine rings is 1. The van der Waals surface area contributed by atoms with E-state index >= 15 is 0 Å². The Morgan fingerprint density at radius 3 is 2.64 bits per heavy atom. The lowest BCUT2D eigenvalue weighted by Crippen LogP contribution is -2.44. The van der Waals surface area contributed by atoms with Gasteiger partial charge in [0.1, 0.15) is 11.9 Å². The lowest BCUT2D eigenvalue weighted by atomic mass is 10.0. The molecule has 1 aliphatic heterocycles. The Morgan fingerprint density at radius 1 is 1.29 bits per heavy atom. The maximum atomic E-state index is 12.2. The van der Waals surface area contributed by atoms with Crippen LogP contribution >= 0.6 is 0 Å². The highest BCUT2D eigenvalue weighted by Gasteiger charge is 2.22. The molecule has 0 spiro atoms. The number of nitrogens with zero attached hydrogens (tertiary/aromatic N) is 6. The molecule has 2 aromatic rings. The second-order valence-corrected chi connectivity index (χ2v) is 6.80. The lowest BCUT2D eigenvalue weighted by Gasteiger charge is -2.33. The summed E-state index contributed by atoms with van der Waals surface area (Å²) < 4.78 is 0. The number of carbonyl (C=O) groups is 1. The molecule has 0 bridgehead atoms. The van der Waals surface area contributed by atoms with Gasteiger partial charge >= 0.3 is 0 Å². The molecule has 0 radical (unpaired) electrons. The molecule has 0 atom stereocenters. The molecule has 8 heteroatoms. The van der Waals surface area contributed by atoms with E-state index in [0.29, 0.717) is 11.5 Å². The van der Waals surface area contributed by atoms with Crippen molar-refractivity contribution in [3.05, 3.63) is 47.9 Å². The minimum absolute atomic E-state index is 0.106. The molecule has 1 saturated heterocycles. The van der Waals surface area contributed by atoms with Crippen molar-refractivity contribution < 1.29 is 4.79 Å². The highest BCUT2D eigenvalue weighted by atomic mass is 16.1. The number of aromatic nitrogens is 3. The molecule has 3 heterocycles. The van der Waals surface area contributed by atoms with Crippen molar-refractivity contribution in [1.82, 2.24) is 20.3 Å². The summed E-state index contributed by atoms with van der Waals surface area (Å²) in [4.78, 5) is 28.9. The third kappa shape index (κ3) is 4.82. The van der Waals surface area contributed by atoms with Crippen molar-refractivity contribution in [1.29, 1.82) is 5.26 Å². The summed E-state index contributed by atoms with van der Waals surface area (Å²) >= 11 is 0. The molecular formula is C20H23N7O. The van der Waals surface area contributed by atoms with Gasteiger partial charge in [-0.25, -0.2) is 15.0 Å². The first kappa shape index (κ1) is 19.3. The Hall–Kier alpha value is -3.47. The fraction of sp³-hybridized carbons (Fsp3) is 0.350. The van der Waals surface area contributed by atoms with Gasteiger partial charge in [-0.05, 0) is 31.1 Å². The molecular weight excluding hydrogens is 354 g/mol. The lowest BCUT2D eigenvalue weighted by molar-refractivity contribution is -0.117. The Morgan fingerprint density at radius 2 is 2.00 bits per heavy atom. The number of hydrogen-bond acceptors (Lipinski definition) is 7. The monoisotopic (exact) mass is 377 g/mol. The van der Waals surface area contributed by atoms with Crippen molar-refractivity contribution in [3.8, 4) is 6.07 Å². The molecule has 0 unspecified atom stereocenters. The fourth-order valence-corrected chi connectivity index (χ4v) is 3.04. The normalized spacial score (nSPS) is 14.7. The largest absolute Gasteiger partial charge is 0.355 e. The third-order valence-corrected chi connectivity index (χ3v) is 4.53. The highest BCUT2D eigenvalue weighted by Crippen LogP contribution is 2.21. The van der Waals surface area contributed by atoms with E-state index in [0.717, 1.165) is 37.3 Å². The van der Waals surface area contributed by atoms with E-state index in [1.54, 1.807) is 36.8 Å². The Bertz CT molecular complexity index is 878. The average molecular weight is 377 g/mol. The van der Waals surface area contributed by atoms with E-state index in [1.165, 1.54) is 6.08 Å². The van der Waals surface area contributed by atoms with Crippen LogP contribution in [0.25, 0.3) is 6.08 Å². The minimum atomic E-state index is -0.134. The van der Waals surface area contributed by atoms with Gasteiger partial charge in [-0.2, -0.15) is 5.26 Å². The van der Waals surface area contributed by atoms with Crippen LogP contribution in [0.15, 0.2) is 36.8 Å². The minimum Gasteiger partial charge on any atom is -0.355 e.